The fourth-order valence-electron chi connectivity index (χ4n) is 4.29. The van der Waals surface area contributed by atoms with Crippen molar-refractivity contribution >= 4 is 17.5 Å². The average Bonchev–Trinajstić information content (AvgIpc) is 3.59. The van der Waals surface area contributed by atoms with E-state index in [1.807, 2.05) is 17.9 Å². The van der Waals surface area contributed by atoms with Crippen molar-refractivity contribution < 1.29 is 18.7 Å². The zero-order valence-electron chi connectivity index (χ0n) is 18.7. The number of nitrogens with zero attached hydrogens (tertiary/aromatic N) is 4. The Morgan fingerprint density at radius 3 is 2.76 bits per heavy atom. The van der Waals surface area contributed by atoms with Crippen molar-refractivity contribution in [2.24, 2.45) is 11.7 Å². The number of piperidine rings is 1. The number of hydrogen-bond donors (Lipinski definition) is 3. The minimum atomic E-state index is -0.664. The number of nitrogens with two attached hydrogens (primary N) is 1. The van der Waals surface area contributed by atoms with Crippen LogP contribution in [0.5, 0.6) is 0 Å². The predicted octanol–water partition coefficient (Wildman–Crippen LogP) is 1.81. The zero-order chi connectivity index (χ0) is 23.5. The van der Waals surface area contributed by atoms with Gasteiger partial charge in [-0.1, -0.05) is 12.1 Å². The maximum Gasteiger partial charge on any atom is 0.231 e. The van der Waals surface area contributed by atoms with Crippen LogP contribution in [0.25, 0.3) is 0 Å². The number of aromatic nitrogens is 2. The van der Waals surface area contributed by atoms with Gasteiger partial charge in [0.15, 0.2) is 11.6 Å². The molecule has 8 nitrogen and oxygen atoms in total. The average molecular weight is 461 g/mol. The van der Waals surface area contributed by atoms with Gasteiger partial charge in [-0.15, -0.1) is 0 Å². The minimum Gasteiger partial charge on any atom is -0.391 e. The fraction of sp³-hybridized carbons (Fsp3) is 0.522. The van der Waals surface area contributed by atoms with Crippen molar-refractivity contribution in [3.05, 3.63) is 47.3 Å². The number of carbonyl (C=O) groups excluding carboxylic acids is 1. The third-order valence-electron chi connectivity index (χ3n) is 6.30. The lowest BCUT2D eigenvalue weighted by molar-refractivity contribution is -0.120. The van der Waals surface area contributed by atoms with Gasteiger partial charge in [-0.05, 0) is 44.4 Å². The first kappa shape index (κ1) is 23.3. The van der Waals surface area contributed by atoms with Crippen molar-refractivity contribution in [3.63, 3.8) is 0 Å². The number of likely N-dealkylation sites (tertiary alicyclic amines) is 1. The summed E-state index contributed by atoms with van der Waals surface area (Å²) in [6.45, 7) is 3.45. The molecule has 4 N–H and O–H groups in total. The molecule has 4 rings (SSSR count). The van der Waals surface area contributed by atoms with Gasteiger partial charge >= 0.3 is 0 Å². The van der Waals surface area contributed by atoms with Gasteiger partial charge in [0, 0.05) is 37.2 Å². The van der Waals surface area contributed by atoms with Gasteiger partial charge in [-0.25, -0.2) is 14.4 Å². The molecular formula is C23H30F2N6O2. The molecule has 1 aromatic heterocycles. The van der Waals surface area contributed by atoms with Crippen molar-refractivity contribution in [1.29, 1.82) is 0 Å². The maximum atomic E-state index is 15.4. The molecule has 2 unspecified atom stereocenters. The second-order valence-corrected chi connectivity index (χ2v) is 9.01. The monoisotopic (exact) mass is 460 g/mol. The van der Waals surface area contributed by atoms with Crippen molar-refractivity contribution in [2.75, 3.05) is 36.4 Å². The number of β-amino-alcohol motifs (C(OH)–C–C–N with tert-alkyl or cyclic N) is 1. The number of nitrogens with one attached hydrogen (secondary N) is 1. The molecule has 1 saturated carbocycles. The fourth-order valence-corrected chi connectivity index (χ4v) is 4.29. The molecule has 2 atom stereocenters. The van der Waals surface area contributed by atoms with Gasteiger partial charge < -0.3 is 21.1 Å². The summed E-state index contributed by atoms with van der Waals surface area (Å²) in [6, 6.07) is 5.15. The number of amides is 1. The van der Waals surface area contributed by atoms with Crippen LogP contribution in [0.1, 0.15) is 30.4 Å². The van der Waals surface area contributed by atoms with Crippen LogP contribution in [0.2, 0.25) is 0 Å². The summed E-state index contributed by atoms with van der Waals surface area (Å²) in [6.07, 6.45) is 3.07. The van der Waals surface area contributed by atoms with E-state index < -0.39 is 17.8 Å². The Morgan fingerprint density at radius 1 is 1.30 bits per heavy atom. The summed E-state index contributed by atoms with van der Waals surface area (Å²) in [4.78, 5) is 22.9. The van der Waals surface area contributed by atoms with Gasteiger partial charge in [-0.2, -0.15) is 4.39 Å². The second kappa shape index (κ2) is 9.96. The standard InChI is InChI=1S/C23H30F2N6O2/c1-14-2-3-16(18(24)8-14)10-31(17-4-5-17)23-21(25)22(28-13-29-23)27-9-15-6-7-30(11-19(15)32)12-20(26)33/h2-3,8,13,15,17,19,32H,4-7,9-12H2,1H3,(H2,26,33)(H,27,28,29). The van der Waals surface area contributed by atoms with Crippen LogP contribution in [0.4, 0.5) is 20.4 Å². The molecule has 1 aliphatic heterocycles. The third-order valence-corrected chi connectivity index (χ3v) is 6.30. The summed E-state index contributed by atoms with van der Waals surface area (Å²) in [5, 5.41) is 13.4. The molecule has 0 bridgehead atoms. The van der Waals surface area contributed by atoms with Crippen molar-refractivity contribution in [2.45, 2.75) is 44.9 Å². The summed E-state index contributed by atoms with van der Waals surface area (Å²) < 4.78 is 29.8. The molecule has 2 heterocycles. The molecular weight excluding hydrogens is 430 g/mol. The largest absolute Gasteiger partial charge is 0.391 e. The van der Waals surface area contributed by atoms with Gasteiger partial charge in [-0.3, -0.25) is 9.69 Å². The quantitative estimate of drug-likeness (QED) is 0.524. The number of anilines is 2. The van der Waals surface area contributed by atoms with E-state index in [2.05, 4.69) is 15.3 Å². The second-order valence-electron chi connectivity index (χ2n) is 9.01. The van der Waals surface area contributed by atoms with Crippen LogP contribution in [0.15, 0.2) is 24.5 Å². The number of aliphatic hydroxyl groups is 1. The third kappa shape index (κ3) is 5.75. The number of hydrogen-bond acceptors (Lipinski definition) is 7. The Hall–Kier alpha value is -2.85. The number of primary amides is 1. The highest BCUT2D eigenvalue weighted by Gasteiger charge is 2.33. The number of aryl methyl sites for hydroxylation is 1. The van der Waals surface area contributed by atoms with E-state index >= 15 is 4.39 Å². The number of aliphatic hydroxyl groups excluding tert-OH is 1. The topological polar surface area (TPSA) is 108 Å². The van der Waals surface area contributed by atoms with Gasteiger partial charge in [0.25, 0.3) is 0 Å². The number of rotatable bonds is 9. The van der Waals surface area contributed by atoms with E-state index in [1.54, 1.807) is 11.0 Å². The van der Waals surface area contributed by atoms with Crippen LogP contribution < -0.4 is 16.0 Å². The molecule has 1 saturated heterocycles. The lowest BCUT2D eigenvalue weighted by Crippen LogP contribution is -2.48. The molecule has 0 spiro atoms. The Bertz CT molecular complexity index is 1000. The Balaban J connectivity index is 1.44. The normalized spacial score (nSPS) is 21.1. The van der Waals surface area contributed by atoms with E-state index in [9.17, 15) is 14.3 Å². The summed E-state index contributed by atoms with van der Waals surface area (Å²) in [5.41, 5.74) is 6.55. The SMILES string of the molecule is Cc1ccc(CN(c2ncnc(NCC3CCN(CC(N)=O)CC3O)c2F)C2CC2)c(F)c1. The lowest BCUT2D eigenvalue weighted by Gasteiger charge is -2.35. The molecule has 0 radical (unpaired) electrons. The Labute approximate surface area is 191 Å². The number of carbonyl (C=O) groups is 1. The first-order valence-electron chi connectivity index (χ1n) is 11.3. The van der Waals surface area contributed by atoms with Crippen LogP contribution >= 0.6 is 0 Å². The maximum absolute atomic E-state index is 15.4. The van der Waals surface area contributed by atoms with Crippen LogP contribution in [0.3, 0.4) is 0 Å². The zero-order valence-corrected chi connectivity index (χ0v) is 18.7. The first-order valence-corrected chi connectivity index (χ1v) is 11.3. The van der Waals surface area contributed by atoms with E-state index in [1.165, 1.54) is 12.4 Å². The van der Waals surface area contributed by atoms with Crippen molar-refractivity contribution in [3.8, 4) is 0 Å². The summed E-state index contributed by atoms with van der Waals surface area (Å²) in [7, 11) is 0. The lowest BCUT2D eigenvalue weighted by atomic mass is 9.93. The molecule has 1 aliphatic carbocycles. The highest BCUT2D eigenvalue weighted by Crippen LogP contribution is 2.35. The smallest absolute Gasteiger partial charge is 0.231 e. The molecule has 2 fully saturated rings. The van der Waals surface area contributed by atoms with Crippen LogP contribution in [-0.2, 0) is 11.3 Å². The molecule has 1 aromatic carbocycles. The van der Waals surface area contributed by atoms with Crippen molar-refractivity contribution in [1.82, 2.24) is 14.9 Å². The number of halogens is 2. The number of benzene rings is 1. The molecule has 10 heteroatoms. The van der Waals surface area contributed by atoms with E-state index in [4.69, 9.17) is 5.73 Å². The van der Waals surface area contributed by atoms with Crippen LogP contribution in [0, 0.1) is 24.5 Å². The van der Waals surface area contributed by atoms with Gasteiger partial charge in [0.05, 0.1) is 12.6 Å². The highest BCUT2D eigenvalue weighted by molar-refractivity contribution is 5.75. The first-order chi connectivity index (χ1) is 15.8. The minimum absolute atomic E-state index is 0.0572. The Kier molecular flexibility index (Phi) is 7.04. The summed E-state index contributed by atoms with van der Waals surface area (Å²) in [5.74, 6) is -1.25. The molecule has 1 amide bonds. The molecule has 2 aliphatic rings. The van der Waals surface area contributed by atoms with Gasteiger partial charge in [0.1, 0.15) is 12.1 Å². The molecule has 2 aromatic rings. The Morgan fingerprint density at radius 2 is 2.09 bits per heavy atom. The predicted molar refractivity (Wildman–Crippen MR) is 121 cm³/mol. The van der Waals surface area contributed by atoms with Gasteiger partial charge in [0.2, 0.25) is 11.7 Å². The molecule has 178 valence electrons. The van der Waals surface area contributed by atoms with E-state index in [0.717, 1.165) is 18.4 Å². The van der Waals surface area contributed by atoms with E-state index in [-0.39, 0.29) is 42.5 Å². The highest BCUT2D eigenvalue weighted by atomic mass is 19.1. The van der Waals surface area contributed by atoms with E-state index in [0.29, 0.717) is 31.6 Å². The summed E-state index contributed by atoms with van der Waals surface area (Å²) >= 11 is 0. The van der Waals surface area contributed by atoms with Crippen LogP contribution in [-0.4, -0.2) is 64.2 Å². The molecule has 33 heavy (non-hydrogen) atoms.